The van der Waals surface area contributed by atoms with Gasteiger partial charge in [0.15, 0.2) is 5.82 Å². The number of pyridine rings is 1. The molecule has 166 valence electrons. The molecule has 0 fully saturated rings. The molecule has 3 aromatic carbocycles. The van der Waals surface area contributed by atoms with Gasteiger partial charge in [0, 0.05) is 12.4 Å². The highest BCUT2D eigenvalue weighted by Crippen LogP contribution is 2.39. The second kappa shape index (κ2) is 7.58. The number of nitrogens with zero attached hydrogens (tertiary/aromatic N) is 4. The van der Waals surface area contributed by atoms with Gasteiger partial charge in [-0.25, -0.2) is 0 Å². The minimum Gasteiger partial charge on any atom is -0.382 e. The zero-order valence-corrected chi connectivity index (χ0v) is 18.8. The molecule has 3 heterocycles. The first-order chi connectivity index (χ1) is 15.8. The normalized spacial score (nSPS) is 11.8. The zero-order valence-electron chi connectivity index (χ0n) is 18.0. The molecular formula is C24H21N5O3S. The first-order valence-corrected chi connectivity index (χ1v) is 11.6. The fourth-order valence-electron chi connectivity index (χ4n) is 4.15. The molecule has 2 aliphatic rings. The molecule has 3 N–H and O–H groups in total. The summed E-state index contributed by atoms with van der Waals surface area (Å²) in [6.07, 6.45) is 0. The van der Waals surface area contributed by atoms with Crippen molar-refractivity contribution in [3.05, 3.63) is 78.4 Å². The standard InChI is InChI=1S/C17H13N5.C7H8O3S/c1-21-12-8-4-5-9-13(12)22-11-7-3-2-6-10(11)15-14(17(21)22)16(18)20-19-15;1-6-2-4-7(5-3-6)11(8,9)10/h2-9H,1H3,(H2,18,20);2-5H,1H3,(H,8,9,10). The van der Waals surface area contributed by atoms with Gasteiger partial charge in [-0.05, 0) is 37.3 Å². The van der Waals surface area contributed by atoms with Gasteiger partial charge in [-0.2, -0.15) is 8.42 Å². The van der Waals surface area contributed by atoms with Crippen LogP contribution in [0.1, 0.15) is 5.56 Å². The van der Waals surface area contributed by atoms with E-state index in [1.165, 1.54) is 12.1 Å². The van der Waals surface area contributed by atoms with Crippen LogP contribution in [0.25, 0.3) is 38.8 Å². The van der Waals surface area contributed by atoms with Crippen LogP contribution >= 0.6 is 0 Å². The molecule has 0 bridgehead atoms. The van der Waals surface area contributed by atoms with Gasteiger partial charge < -0.3 is 10.3 Å². The molecule has 8 nitrogen and oxygen atoms in total. The SMILES string of the molecule is Cc1ccc(S(=O)(=O)O)cc1.Cn1c2ccccc2n2c3ccccc3c3nnc(N)c-3c12. The van der Waals surface area contributed by atoms with E-state index in [1.54, 1.807) is 12.1 Å². The van der Waals surface area contributed by atoms with Crippen molar-refractivity contribution in [1.82, 2.24) is 19.2 Å². The van der Waals surface area contributed by atoms with Crippen LogP contribution < -0.4 is 5.73 Å². The highest BCUT2D eigenvalue weighted by molar-refractivity contribution is 7.85. The van der Waals surface area contributed by atoms with Crippen LogP contribution in [0.3, 0.4) is 0 Å². The number of hydrogen-bond donors (Lipinski definition) is 2. The molecule has 6 rings (SSSR count). The summed E-state index contributed by atoms with van der Waals surface area (Å²) in [5.74, 6) is 0.476. The van der Waals surface area contributed by atoms with Crippen LogP contribution in [0.5, 0.6) is 0 Å². The Bertz CT molecular complexity index is 1720. The van der Waals surface area contributed by atoms with E-state index in [0.717, 1.165) is 44.4 Å². The smallest absolute Gasteiger partial charge is 0.294 e. The summed E-state index contributed by atoms with van der Waals surface area (Å²) < 4.78 is 34.0. The lowest BCUT2D eigenvalue weighted by molar-refractivity contribution is 0.483. The van der Waals surface area contributed by atoms with Gasteiger partial charge in [-0.3, -0.25) is 8.95 Å². The monoisotopic (exact) mass is 459 g/mol. The van der Waals surface area contributed by atoms with E-state index in [1.807, 2.05) is 25.1 Å². The molecule has 1 aromatic heterocycles. The summed E-state index contributed by atoms with van der Waals surface area (Å²) in [7, 11) is -1.97. The highest BCUT2D eigenvalue weighted by atomic mass is 32.2. The van der Waals surface area contributed by atoms with E-state index in [4.69, 9.17) is 10.3 Å². The lowest BCUT2D eigenvalue weighted by Crippen LogP contribution is -1.99. The topological polar surface area (TPSA) is 116 Å². The van der Waals surface area contributed by atoms with Crippen LogP contribution in [-0.2, 0) is 17.2 Å². The predicted octanol–water partition coefficient (Wildman–Crippen LogP) is 4.30. The fraction of sp³-hybridized carbons (Fsp3) is 0.0833. The van der Waals surface area contributed by atoms with Crippen LogP contribution in [0.2, 0.25) is 0 Å². The third kappa shape index (κ3) is 3.38. The average molecular weight is 460 g/mol. The summed E-state index contributed by atoms with van der Waals surface area (Å²) in [4.78, 5) is -0.0666. The van der Waals surface area contributed by atoms with Gasteiger partial charge in [0.2, 0.25) is 0 Å². The lowest BCUT2D eigenvalue weighted by atomic mass is 10.1. The van der Waals surface area contributed by atoms with Crippen molar-refractivity contribution in [2.75, 3.05) is 5.73 Å². The molecule has 0 atom stereocenters. The maximum Gasteiger partial charge on any atom is 0.294 e. The van der Waals surface area contributed by atoms with E-state index in [0.29, 0.717) is 5.82 Å². The number of hydrogen-bond acceptors (Lipinski definition) is 5. The Hall–Kier alpha value is -3.95. The summed E-state index contributed by atoms with van der Waals surface area (Å²) in [6, 6.07) is 22.6. The van der Waals surface area contributed by atoms with Gasteiger partial charge in [0.05, 0.1) is 27.0 Å². The molecular weight excluding hydrogens is 438 g/mol. The molecule has 0 radical (unpaired) electrons. The van der Waals surface area contributed by atoms with Gasteiger partial charge >= 0.3 is 0 Å². The Labute approximate surface area is 190 Å². The molecule has 0 aliphatic carbocycles. The molecule has 0 amide bonds. The van der Waals surface area contributed by atoms with Crippen LogP contribution in [-0.4, -0.2) is 32.1 Å². The minimum atomic E-state index is -4.02. The maximum absolute atomic E-state index is 10.5. The fourth-order valence-corrected chi connectivity index (χ4v) is 4.63. The highest BCUT2D eigenvalue weighted by Gasteiger charge is 2.23. The van der Waals surface area contributed by atoms with E-state index >= 15 is 0 Å². The van der Waals surface area contributed by atoms with Crippen LogP contribution in [0.4, 0.5) is 5.82 Å². The van der Waals surface area contributed by atoms with Crippen molar-refractivity contribution in [2.45, 2.75) is 11.8 Å². The number of anilines is 1. The molecule has 9 heteroatoms. The van der Waals surface area contributed by atoms with Crippen molar-refractivity contribution in [1.29, 1.82) is 0 Å². The predicted molar refractivity (Wildman–Crippen MR) is 129 cm³/mol. The molecule has 0 saturated carbocycles. The quantitative estimate of drug-likeness (QED) is 0.354. The van der Waals surface area contributed by atoms with Crippen molar-refractivity contribution < 1.29 is 13.0 Å². The summed E-state index contributed by atoms with van der Waals surface area (Å²) in [5.41, 5.74) is 13.3. The zero-order chi connectivity index (χ0) is 23.3. The number of aromatic nitrogens is 4. The van der Waals surface area contributed by atoms with E-state index < -0.39 is 10.1 Å². The van der Waals surface area contributed by atoms with Gasteiger partial charge in [0.1, 0.15) is 11.3 Å². The summed E-state index contributed by atoms with van der Waals surface area (Å²) >= 11 is 0. The van der Waals surface area contributed by atoms with Crippen molar-refractivity contribution in [3.63, 3.8) is 0 Å². The number of benzene rings is 3. The second-order valence-corrected chi connectivity index (χ2v) is 9.24. The third-order valence-electron chi connectivity index (χ3n) is 5.71. The van der Waals surface area contributed by atoms with Crippen LogP contribution in [0, 0.1) is 6.92 Å². The molecule has 0 spiro atoms. The second-order valence-electron chi connectivity index (χ2n) is 7.82. The van der Waals surface area contributed by atoms with Crippen LogP contribution in [0.15, 0.2) is 77.7 Å². The average Bonchev–Trinajstić information content (AvgIpc) is 3.32. The number of aryl methyl sites for hydroxylation is 2. The molecule has 33 heavy (non-hydrogen) atoms. The van der Waals surface area contributed by atoms with Gasteiger partial charge in [-0.15, -0.1) is 10.2 Å². The van der Waals surface area contributed by atoms with Crippen molar-refractivity contribution >= 4 is 43.5 Å². The van der Waals surface area contributed by atoms with Gasteiger partial charge in [-0.1, -0.05) is 48.0 Å². The van der Waals surface area contributed by atoms with Gasteiger partial charge in [0.25, 0.3) is 10.1 Å². The Kier molecular flexibility index (Phi) is 4.80. The largest absolute Gasteiger partial charge is 0.382 e. The number of para-hydroxylation sites is 3. The third-order valence-corrected chi connectivity index (χ3v) is 6.57. The molecule has 4 aromatic rings. The summed E-state index contributed by atoms with van der Waals surface area (Å²) in [6.45, 7) is 1.84. The van der Waals surface area contributed by atoms with Crippen molar-refractivity contribution in [2.24, 2.45) is 7.05 Å². The number of rotatable bonds is 1. The lowest BCUT2D eigenvalue weighted by Gasteiger charge is -2.10. The Morgan fingerprint density at radius 3 is 2.12 bits per heavy atom. The molecule has 2 aliphatic heterocycles. The summed E-state index contributed by atoms with van der Waals surface area (Å²) in [5, 5.41) is 9.48. The molecule has 0 saturated heterocycles. The minimum absolute atomic E-state index is 0.0666. The molecule has 0 unspecified atom stereocenters. The van der Waals surface area contributed by atoms with Crippen molar-refractivity contribution in [3.8, 4) is 11.3 Å². The maximum atomic E-state index is 10.5. The number of nitrogen functional groups attached to an aromatic ring is 1. The van der Waals surface area contributed by atoms with E-state index in [9.17, 15) is 8.42 Å². The van der Waals surface area contributed by atoms with E-state index in [-0.39, 0.29) is 4.90 Å². The first-order valence-electron chi connectivity index (χ1n) is 10.2. The van der Waals surface area contributed by atoms with E-state index in [2.05, 4.69) is 56.5 Å². The Morgan fingerprint density at radius 2 is 1.45 bits per heavy atom. The number of fused-ring (bicyclic) bond motifs is 8. The first kappa shape index (κ1) is 20.9. The Balaban J connectivity index is 0.000000177. The number of nitrogens with two attached hydrogens (primary N) is 1. The Morgan fingerprint density at radius 1 is 0.848 bits per heavy atom. The number of imidazole rings is 1.